The Bertz CT molecular complexity index is 383. The maximum atomic E-state index is 12.0. The van der Waals surface area contributed by atoms with Gasteiger partial charge in [0.25, 0.3) is 6.43 Å². The van der Waals surface area contributed by atoms with Crippen LogP contribution in [0.2, 0.25) is 0 Å². The zero-order chi connectivity index (χ0) is 13.7. The van der Waals surface area contributed by atoms with Gasteiger partial charge in [0.05, 0.1) is 0 Å². The lowest BCUT2D eigenvalue weighted by Gasteiger charge is -2.18. The summed E-state index contributed by atoms with van der Waals surface area (Å²) >= 11 is 0. The zero-order valence-corrected chi connectivity index (χ0v) is 11.2. The summed E-state index contributed by atoms with van der Waals surface area (Å²) < 4.78 is 29.0. The molecule has 1 heterocycles. The van der Waals surface area contributed by atoms with Crippen LogP contribution >= 0.6 is 0 Å². The van der Waals surface area contributed by atoms with Crippen molar-refractivity contribution >= 4 is 0 Å². The van der Waals surface area contributed by atoms with Crippen molar-refractivity contribution in [3.63, 3.8) is 0 Å². The van der Waals surface area contributed by atoms with E-state index in [1.54, 1.807) is 13.1 Å². The van der Waals surface area contributed by atoms with Gasteiger partial charge in [-0.15, -0.1) is 0 Å². The molecule has 0 aromatic carbocycles. The predicted molar refractivity (Wildman–Crippen MR) is 67.2 cm³/mol. The van der Waals surface area contributed by atoms with Gasteiger partial charge in [-0.3, -0.25) is 0 Å². The minimum Gasteiger partial charge on any atom is -0.471 e. The second-order valence-corrected chi connectivity index (χ2v) is 4.64. The average molecular weight is 258 g/mol. The zero-order valence-electron chi connectivity index (χ0n) is 11.2. The van der Waals surface area contributed by atoms with Crippen molar-refractivity contribution in [1.82, 2.24) is 10.3 Å². The van der Waals surface area contributed by atoms with Crippen LogP contribution in [0, 0.1) is 6.92 Å². The fraction of sp³-hybridized carbons (Fsp3) is 0.615. The first-order valence-corrected chi connectivity index (χ1v) is 6.03. The molecule has 1 atom stereocenters. The van der Waals surface area contributed by atoms with Gasteiger partial charge in [0, 0.05) is 23.8 Å². The number of aryl methyl sites for hydroxylation is 1. The van der Waals surface area contributed by atoms with Crippen molar-refractivity contribution in [2.45, 2.75) is 46.2 Å². The Hall–Kier alpha value is -1.23. The van der Waals surface area contributed by atoms with Gasteiger partial charge in [0.1, 0.15) is 0 Å². The van der Waals surface area contributed by atoms with Crippen LogP contribution in [0.1, 0.15) is 37.9 Å². The van der Waals surface area contributed by atoms with E-state index in [1.165, 1.54) is 0 Å². The van der Waals surface area contributed by atoms with Crippen molar-refractivity contribution in [3.05, 3.63) is 23.4 Å². The Balaban J connectivity index is 2.72. The molecule has 0 amide bonds. The summed E-state index contributed by atoms with van der Waals surface area (Å²) in [4.78, 5) is 4.08. The molecule has 1 aromatic heterocycles. The van der Waals surface area contributed by atoms with Crippen LogP contribution in [0.5, 0.6) is 5.88 Å². The first-order chi connectivity index (χ1) is 8.40. The second-order valence-electron chi connectivity index (χ2n) is 4.64. The van der Waals surface area contributed by atoms with Crippen molar-refractivity contribution in [2.24, 2.45) is 0 Å². The van der Waals surface area contributed by atoms with Crippen molar-refractivity contribution < 1.29 is 13.5 Å². The van der Waals surface area contributed by atoms with E-state index < -0.39 is 13.0 Å². The van der Waals surface area contributed by atoms with Crippen LogP contribution in [0.15, 0.2) is 12.3 Å². The third kappa shape index (κ3) is 4.56. The maximum absolute atomic E-state index is 12.0. The van der Waals surface area contributed by atoms with Gasteiger partial charge >= 0.3 is 0 Å². The number of hydrogen-bond donors (Lipinski definition) is 1. The maximum Gasteiger partial charge on any atom is 0.272 e. The number of rotatable bonds is 6. The van der Waals surface area contributed by atoms with Gasteiger partial charge < -0.3 is 10.1 Å². The summed E-state index contributed by atoms with van der Waals surface area (Å²) in [5.41, 5.74) is 1.79. The average Bonchev–Trinajstić information content (AvgIpc) is 2.26. The number of nitrogens with zero attached hydrogens (tertiary/aromatic N) is 1. The van der Waals surface area contributed by atoms with E-state index in [9.17, 15) is 8.78 Å². The van der Waals surface area contributed by atoms with E-state index in [0.717, 1.165) is 11.1 Å². The molecule has 0 fully saturated rings. The summed E-state index contributed by atoms with van der Waals surface area (Å²) in [7, 11) is 0. The molecule has 3 nitrogen and oxygen atoms in total. The van der Waals surface area contributed by atoms with E-state index in [1.807, 2.05) is 13.0 Å². The first kappa shape index (κ1) is 14.8. The van der Waals surface area contributed by atoms with Gasteiger partial charge in [-0.25, -0.2) is 13.8 Å². The number of hydrogen-bond acceptors (Lipinski definition) is 3. The normalized spacial score (nSPS) is 13.1. The summed E-state index contributed by atoms with van der Waals surface area (Å²) in [6.45, 7) is 7.36. The van der Waals surface area contributed by atoms with Gasteiger partial charge in [0.15, 0.2) is 6.61 Å². The van der Waals surface area contributed by atoms with Crippen molar-refractivity contribution in [2.75, 3.05) is 6.61 Å². The molecule has 0 saturated heterocycles. The van der Waals surface area contributed by atoms with Gasteiger partial charge in [-0.05, 0) is 25.5 Å². The first-order valence-electron chi connectivity index (χ1n) is 6.03. The quantitative estimate of drug-likeness (QED) is 0.851. The molecule has 0 radical (unpaired) electrons. The lowest BCUT2D eigenvalue weighted by molar-refractivity contribution is 0.0792. The molecule has 1 aromatic rings. The number of alkyl halides is 2. The summed E-state index contributed by atoms with van der Waals surface area (Å²) in [5.74, 6) is 0.274. The van der Waals surface area contributed by atoms with Gasteiger partial charge in [-0.1, -0.05) is 13.8 Å². The second kappa shape index (κ2) is 6.64. The summed E-state index contributed by atoms with van der Waals surface area (Å²) in [6, 6.07) is 2.45. The Morgan fingerprint density at radius 1 is 1.33 bits per heavy atom. The van der Waals surface area contributed by atoms with E-state index >= 15 is 0 Å². The topological polar surface area (TPSA) is 34.2 Å². The minimum absolute atomic E-state index is 0.167. The van der Waals surface area contributed by atoms with E-state index in [0.29, 0.717) is 6.04 Å². The number of halogens is 2. The molecular formula is C13H20F2N2O. The van der Waals surface area contributed by atoms with Crippen molar-refractivity contribution in [1.29, 1.82) is 0 Å². The third-order valence-electron chi connectivity index (χ3n) is 2.48. The number of ether oxygens (including phenoxy) is 1. The Kier molecular flexibility index (Phi) is 5.47. The van der Waals surface area contributed by atoms with Gasteiger partial charge in [-0.2, -0.15) is 0 Å². The smallest absolute Gasteiger partial charge is 0.272 e. The molecule has 102 valence electrons. The van der Waals surface area contributed by atoms with Crippen LogP contribution in [-0.2, 0) is 0 Å². The molecule has 0 saturated carbocycles. The summed E-state index contributed by atoms with van der Waals surface area (Å²) in [5, 5.41) is 3.36. The fourth-order valence-electron chi connectivity index (χ4n) is 1.71. The van der Waals surface area contributed by atoms with Gasteiger partial charge in [0.2, 0.25) is 5.88 Å². The van der Waals surface area contributed by atoms with E-state index in [-0.39, 0.29) is 11.9 Å². The Labute approximate surface area is 107 Å². The lowest BCUT2D eigenvalue weighted by Crippen LogP contribution is -2.26. The Morgan fingerprint density at radius 2 is 2.00 bits per heavy atom. The number of nitrogens with one attached hydrogen (secondary N) is 1. The summed E-state index contributed by atoms with van der Waals surface area (Å²) in [6.07, 6.45) is -0.819. The molecule has 1 rings (SSSR count). The largest absolute Gasteiger partial charge is 0.471 e. The van der Waals surface area contributed by atoms with Crippen LogP contribution in [0.25, 0.3) is 0 Å². The molecule has 0 aliphatic carbocycles. The highest BCUT2D eigenvalue weighted by atomic mass is 19.3. The van der Waals surface area contributed by atoms with Crippen LogP contribution in [0.3, 0.4) is 0 Å². The molecule has 0 bridgehead atoms. The van der Waals surface area contributed by atoms with Crippen molar-refractivity contribution in [3.8, 4) is 5.88 Å². The van der Waals surface area contributed by atoms with Crippen LogP contribution in [-0.4, -0.2) is 24.1 Å². The SMILES string of the molecule is Cc1cc(C(C)NC(C)C)cnc1OCC(F)F. The highest BCUT2D eigenvalue weighted by Crippen LogP contribution is 2.20. The molecule has 18 heavy (non-hydrogen) atoms. The molecule has 1 unspecified atom stereocenters. The molecule has 5 heteroatoms. The standard InChI is InChI=1S/C13H20F2N2O/c1-8(2)17-10(4)11-5-9(3)13(16-6-11)18-7-12(14)15/h5-6,8,10,12,17H,7H2,1-4H3. The molecular weight excluding hydrogens is 238 g/mol. The third-order valence-corrected chi connectivity index (χ3v) is 2.48. The minimum atomic E-state index is -2.48. The fourth-order valence-corrected chi connectivity index (χ4v) is 1.71. The van der Waals surface area contributed by atoms with E-state index in [2.05, 4.69) is 24.1 Å². The van der Waals surface area contributed by atoms with Crippen LogP contribution in [0.4, 0.5) is 8.78 Å². The highest BCUT2D eigenvalue weighted by Gasteiger charge is 2.11. The lowest BCUT2D eigenvalue weighted by atomic mass is 10.1. The monoisotopic (exact) mass is 258 g/mol. The number of pyridine rings is 1. The molecule has 0 aliphatic heterocycles. The van der Waals surface area contributed by atoms with E-state index in [4.69, 9.17) is 4.74 Å². The molecule has 0 aliphatic rings. The highest BCUT2D eigenvalue weighted by molar-refractivity contribution is 5.30. The predicted octanol–water partition coefficient (Wildman–Crippen LogP) is 3.09. The molecule has 1 N–H and O–H groups in total. The number of aromatic nitrogens is 1. The van der Waals surface area contributed by atoms with Crippen LogP contribution < -0.4 is 10.1 Å². The molecule has 0 spiro atoms. The Morgan fingerprint density at radius 3 is 2.50 bits per heavy atom.